The van der Waals surface area contributed by atoms with E-state index in [1.807, 2.05) is 0 Å². The van der Waals surface area contributed by atoms with Crippen molar-refractivity contribution in [2.75, 3.05) is 0 Å². The summed E-state index contributed by atoms with van der Waals surface area (Å²) in [5.74, 6) is -0.785. The van der Waals surface area contributed by atoms with E-state index in [2.05, 4.69) is 0 Å². The van der Waals surface area contributed by atoms with Gasteiger partial charge in [-0.25, -0.2) is 0 Å². The molecule has 16 heavy (non-hydrogen) atoms. The molecule has 0 aliphatic heterocycles. The molecule has 1 aromatic carbocycles. The summed E-state index contributed by atoms with van der Waals surface area (Å²) in [6.07, 6.45) is -2.11. The summed E-state index contributed by atoms with van der Waals surface area (Å²) in [6, 6.07) is 5.85. The molecule has 1 aromatic rings. The molecule has 4 heteroatoms. The Morgan fingerprint density at radius 3 is 1.31 bits per heavy atom. The number of hydrogen-bond acceptors (Lipinski definition) is 4. The summed E-state index contributed by atoms with van der Waals surface area (Å²) in [5.41, 5.74) is 0.689. The molecule has 0 heterocycles. The summed E-state index contributed by atoms with van der Waals surface area (Å²) in [6.45, 7) is 2.77. The predicted octanol–water partition coefficient (Wildman–Crippen LogP) is 0.814. The monoisotopic (exact) mass is 222 g/mol. The molecule has 2 N–H and O–H groups in total. The van der Waals surface area contributed by atoms with Gasteiger partial charge in [0.2, 0.25) is 0 Å². The molecule has 0 aromatic heterocycles. The van der Waals surface area contributed by atoms with Crippen molar-refractivity contribution in [3.63, 3.8) is 0 Å². The van der Waals surface area contributed by atoms with E-state index in [9.17, 15) is 9.59 Å². The first-order valence-corrected chi connectivity index (χ1v) is 4.98. The largest absolute Gasteiger partial charge is 0.385 e. The summed E-state index contributed by atoms with van der Waals surface area (Å²) in [5, 5.41) is 18.2. The van der Waals surface area contributed by atoms with Crippen molar-refractivity contribution in [3.05, 3.63) is 35.4 Å². The van der Waals surface area contributed by atoms with Crippen molar-refractivity contribution >= 4 is 11.6 Å². The lowest BCUT2D eigenvalue weighted by Crippen LogP contribution is -2.18. The Bertz CT molecular complexity index is 351. The minimum absolute atomic E-state index is 0.345. The molecule has 0 saturated carbocycles. The molecule has 0 saturated heterocycles. The van der Waals surface area contributed by atoms with Crippen LogP contribution in [0.4, 0.5) is 0 Å². The van der Waals surface area contributed by atoms with E-state index < -0.39 is 23.8 Å². The zero-order chi connectivity index (χ0) is 12.3. The van der Waals surface area contributed by atoms with Gasteiger partial charge in [-0.2, -0.15) is 0 Å². The number of benzene rings is 1. The van der Waals surface area contributed by atoms with Gasteiger partial charge in [-0.15, -0.1) is 0 Å². The first-order chi connectivity index (χ1) is 7.43. The second-order valence-corrected chi connectivity index (χ2v) is 3.66. The van der Waals surface area contributed by atoms with E-state index in [0.29, 0.717) is 11.1 Å². The lowest BCUT2D eigenvalue weighted by molar-refractivity contribution is 0.0771. The zero-order valence-electron chi connectivity index (χ0n) is 9.18. The molecular formula is C12H14O4. The molecule has 0 unspecified atom stereocenters. The van der Waals surface area contributed by atoms with Crippen LogP contribution in [0.2, 0.25) is 0 Å². The van der Waals surface area contributed by atoms with Crippen molar-refractivity contribution in [1.82, 2.24) is 0 Å². The van der Waals surface area contributed by atoms with Crippen LogP contribution in [0, 0.1) is 0 Å². The smallest absolute Gasteiger partial charge is 0.190 e. The van der Waals surface area contributed by atoms with Crippen molar-refractivity contribution in [3.8, 4) is 0 Å². The van der Waals surface area contributed by atoms with Crippen LogP contribution in [0.5, 0.6) is 0 Å². The standard InChI is InChI=1S/C12H14O4/c1-7(13)11(15)9-3-5-10(6-4-9)12(16)8(2)14/h3-8,13-14H,1-2H3/t7-,8+. The number of aliphatic hydroxyl groups excluding tert-OH is 2. The summed E-state index contributed by atoms with van der Waals surface area (Å²) in [4.78, 5) is 22.8. The number of carbonyl (C=O) groups excluding carboxylic acids is 2. The Labute approximate surface area is 93.5 Å². The molecule has 86 valence electrons. The molecule has 1 rings (SSSR count). The molecule has 4 nitrogen and oxygen atoms in total. The molecule has 2 atom stereocenters. The normalized spacial score (nSPS) is 14.2. The maximum atomic E-state index is 11.4. The van der Waals surface area contributed by atoms with Crippen molar-refractivity contribution < 1.29 is 19.8 Å². The first-order valence-electron chi connectivity index (χ1n) is 4.98. The van der Waals surface area contributed by atoms with Crippen LogP contribution < -0.4 is 0 Å². The predicted molar refractivity (Wildman–Crippen MR) is 58.5 cm³/mol. The Kier molecular flexibility index (Phi) is 3.93. The van der Waals surface area contributed by atoms with E-state index in [1.54, 1.807) is 0 Å². The van der Waals surface area contributed by atoms with Gasteiger partial charge in [0, 0.05) is 11.1 Å². The fraction of sp³-hybridized carbons (Fsp3) is 0.333. The molecule has 0 amide bonds. The van der Waals surface area contributed by atoms with Gasteiger partial charge in [0.25, 0.3) is 0 Å². The van der Waals surface area contributed by atoms with Gasteiger partial charge >= 0.3 is 0 Å². The quantitative estimate of drug-likeness (QED) is 0.739. The van der Waals surface area contributed by atoms with Crippen LogP contribution in [-0.4, -0.2) is 34.0 Å². The van der Waals surface area contributed by atoms with Gasteiger partial charge in [-0.1, -0.05) is 24.3 Å². The highest BCUT2D eigenvalue weighted by Crippen LogP contribution is 2.09. The SMILES string of the molecule is C[C@H](O)C(=O)c1ccc(C(=O)[C@@H](C)O)cc1. The average molecular weight is 222 g/mol. The molecule has 0 spiro atoms. The highest BCUT2D eigenvalue weighted by Gasteiger charge is 2.14. The van der Waals surface area contributed by atoms with Crippen LogP contribution in [0.25, 0.3) is 0 Å². The number of rotatable bonds is 4. The van der Waals surface area contributed by atoms with Crippen LogP contribution in [-0.2, 0) is 0 Å². The molecule has 0 aliphatic carbocycles. The summed E-state index contributed by atoms with van der Waals surface area (Å²) >= 11 is 0. The van der Waals surface area contributed by atoms with Gasteiger partial charge in [0.1, 0.15) is 12.2 Å². The second kappa shape index (κ2) is 5.01. The highest BCUT2D eigenvalue weighted by molar-refractivity contribution is 6.02. The van der Waals surface area contributed by atoms with Crippen LogP contribution >= 0.6 is 0 Å². The number of aliphatic hydroxyl groups is 2. The molecule has 0 fully saturated rings. The van der Waals surface area contributed by atoms with Crippen LogP contribution in [0.15, 0.2) is 24.3 Å². The number of carbonyl (C=O) groups is 2. The summed E-state index contributed by atoms with van der Waals surface area (Å²) < 4.78 is 0. The third-order valence-corrected chi connectivity index (χ3v) is 2.21. The van der Waals surface area contributed by atoms with E-state index in [1.165, 1.54) is 38.1 Å². The number of Topliss-reactive ketones (excluding diaryl/α,β-unsaturated/α-hetero) is 2. The third kappa shape index (κ3) is 2.74. The van der Waals surface area contributed by atoms with E-state index in [0.717, 1.165) is 0 Å². The van der Waals surface area contributed by atoms with E-state index in [-0.39, 0.29) is 0 Å². The lowest BCUT2D eigenvalue weighted by Gasteiger charge is -2.06. The molecular weight excluding hydrogens is 208 g/mol. The molecule has 0 radical (unpaired) electrons. The van der Waals surface area contributed by atoms with Crippen LogP contribution in [0.3, 0.4) is 0 Å². The third-order valence-electron chi connectivity index (χ3n) is 2.21. The van der Waals surface area contributed by atoms with Crippen molar-refractivity contribution in [2.45, 2.75) is 26.1 Å². The second-order valence-electron chi connectivity index (χ2n) is 3.66. The Morgan fingerprint density at radius 2 is 1.12 bits per heavy atom. The fourth-order valence-electron chi connectivity index (χ4n) is 1.28. The van der Waals surface area contributed by atoms with E-state index >= 15 is 0 Å². The lowest BCUT2D eigenvalue weighted by atomic mass is 10.0. The number of hydrogen-bond donors (Lipinski definition) is 2. The zero-order valence-corrected chi connectivity index (χ0v) is 9.18. The van der Waals surface area contributed by atoms with E-state index in [4.69, 9.17) is 10.2 Å². The molecule has 0 bridgehead atoms. The first kappa shape index (κ1) is 12.5. The van der Waals surface area contributed by atoms with Gasteiger partial charge in [0.15, 0.2) is 11.6 Å². The maximum Gasteiger partial charge on any atom is 0.190 e. The fourth-order valence-corrected chi connectivity index (χ4v) is 1.28. The summed E-state index contributed by atoms with van der Waals surface area (Å²) in [7, 11) is 0. The van der Waals surface area contributed by atoms with Gasteiger partial charge in [-0.05, 0) is 13.8 Å². The van der Waals surface area contributed by atoms with Gasteiger partial charge in [0.05, 0.1) is 0 Å². The van der Waals surface area contributed by atoms with Gasteiger partial charge < -0.3 is 10.2 Å². The maximum absolute atomic E-state index is 11.4. The molecule has 0 aliphatic rings. The average Bonchev–Trinajstić information content (AvgIpc) is 2.27. The highest BCUT2D eigenvalue weighted by atomic mass is 16.3. The minimum atomic E-state index is -1.06. The van der Waals surface area contributed by atoms with Gasteiger partial charge in [-0.3, -0.25) is 9.59 Å². The Hall–Kier alpha value is -1.52. The Morgan fingerprint density at radius 1 is 0.875 bits per heavy atom. The minimum Gasteiger partial charge on any atom is -0.385 e. The Balaban J connectivity index is 2.92. The van der Waals surface area contributed by atoms with Crippen molar-refractivity contribution in [2.24, 2.45) is 0 Å². The van der Waals surface area contributed by atoms with Crippen molar-refractivity contribution in [1.29, 1.82) is 0 Å². The van der Waals surface area contributed by atoms with Crippen LogP contribution in [0.1, 0.15) is 34.6 Å². The number of ketones is 2. The topological polar surface area (TPSA) is 74.6 Å².